The van der Waals surface area contributed by atoms with Crippen LogP contribution in [-0.4, -0.2) is 20.9 Å². The number of esters is 1. The van der Waals surface area contributed by atoms with Gasteiger partial charge in [-0.1, -0.05) is 0 Å². The van der Waals surface area contributed by atoms with Crippen LogP contribution in [0.15, 0.2) is 12.1 Å². The first-order valence-corrected chi connectivity index (χ1v) is 3.95. The maximum absolute atomic E-state index is 12.7. The Morgan fingerprint density at radius 1 is 1.33 bits per heavy atom. The Morgan fingerprint density at radius 2 is 1.80 bits per heavy atom. The van der Waals surface area contributed by atoms with Crippen molar-refractivity contribution < 1.29 is 22.7 Å². The highest BCUT2D eigenvalue weighted by molar-refractivity contribution is 6.23. The molecule has 0 aromatic heterocycles. The summed E-state index contributed by atoms with van der Waals surface area (Å²) in [5.41, 5.74) is -0.182. The van der Waals surface area contributed by atoms with Gasteiger partial charge in [-0.05, 0) is 17.7 Å². The summed E-state index contributed by atoms with van der Waals surface area (Å²) in [4.78, 5) is 10.9. The zero-order chi connectivity index (χ0) is 11.6. The molecule has 6 heteroatoms. The lowest BCUT2D eigenvalue weighted by Gasteiger charge is -2.10. The van der Waals surface area contributed by atoms with E-state index in [2.05, 4.69) is 4.74 Å². The van der Waals surface area contributed by atoms with E-state index >= 15 is 0 Å². The fraction of sp³-hybridized carbons (Fsp3) is 0.222. The minimum Gasteiger partial charge on any atom is -0.469 e. The van der Waals surface area contributed by atoms with Crippen molar-refractivity contribution in [2.75, 3.05) is 7.11 Å². The van der Waals surface area contributed by atoms with Gasteiger partial charge in [-0.15, -0.1) is 0 Å². The van der Waals surface area contributed by atoms with E-state index in [1.165, 1.54) is 0 Å². The highest BCUT2D eigenvalue weighted by atomic mass is 19.2. The Labute approximate surface area is 85.4 Å². The number of hydrogen-bond acceptors (Lipinski definition) is 2. The van der Waals surface area contributed by atoms with E-state index in [-0.39, 0.29) is 5.56 Å². The van der Waals surface area contributed by atoms with Gasteiger partial charge in [0.2, 0.25) is 0 Å². The number of carbonyl (C=O) groups is 1. The predicted octanol–water partition coefficient (Wildman–Crippen LogP) is 1.49. The van der Waals surface area contributed by atoms with Crippen molar-refractivity contribution in [3.05, 3.63) is 35.1 Å². The van der Waals surface area contributed by atoms with Crippen LogP contribution < -0.4 is 0 Å². The molecule has 78 valence electrons. The molecule has 1 aromatic rings. The van der Waals surface area contributed by atoms with Gasteiger partial charge in [-0.3, -0.25) is 4.79 Å². The van der Waals surface area contributed by atoms with E-state index in [1.54, 1.807) is 0 Å². The van der Waals surface area contributed by atoms with E-state index < -0.39 is 29.2 Å². The van der Waals surface area contributed by atoms with Crippen molar-refractivity contribution in [1.82, 2.24) is 0 Å². The predicted molar refractivity (Wildman–Crippen MR) is 46.8 cm³/mol. The molecule has 2 radical (unpaired) electrons. The Balaban J connectivity index is 3.11. The topological polar surface area (TPSA) is 26.3 Å². The average Bonchev–Trinajstić information content (AvgIpc) is 2.23. The van der Waals surface area contributed by atoms with Gasteiger partial charge in [0.15, 0.2) is 17.5 Å². The fourth-order valence-corrected chi connectivity index (χ4v) is 1.02. The lowest BCUT2D eigenvalue weighted by Crippen LogP contribution is -2.15. The summed E-state index contributed by atoms with van der Waals surface area (Å²) >= 11 is 0. The Morgan fingerprint density at radius 3 is 2.20 bits per heavy atom. The first-order valence-electron chi connectivity index (χ1n) is 3.95. The molecular formula is C9H6BF3O2. The molecule has 15 heavy (non-hydrogen) atoms. The van der Waals surface area contributed by atoms with Crippen molar-refractivity contribution in [2.24, 2.45) is 0 Å². The van der Waals surface area contributed by atoms with E-state index in [0.29, 0.717) is 12.1 Å². The molecule has 0 saturated carbocycles. The third-order valence-corrected chi connectivity index (χ3v) is 1.82. The van der Waals surface area contributed by atoms with Crippen LogP contribution in [0.5, 0.6) is 0 Å². The average molecular weight is 214 g/mol. The highest BCUT2D eigenvalue weighted by Crippen LogP contribution is 2.19. The molecule has 1 unspecified atom stereocenters. The SMILES string of the molecule is [B]C(C(=O)OC)c1cc(F)c(F)c(F)c1. The van der Waals surface area contributed by atoms with Crippen LogP contribution in [-0.2, 0) is 9.53 Å². The van der Waals surface area contributed by atoms with Crippen LogP contribution in [0.25, 0.3) is 0 Å². The Hall–Kier alpha value is -1.46. The normalized spacial score (nSPS) is 12.3. The first-order chi connectivity index (χ1) is 6.97. The van der Waals surface area contributed by atoms with Gasteiger partial charge in [0.1, 0.15) is 0 Å². The summed E-state index contributed by atoms with van der Waals surface area (Å²) in [6.07, 6.45) is 0. The second-order valence-electron chi connectivity index (χ2n) is 2.80. The standard InChI is InChI=1S/C9H6BF3O2/c1-15-9(14)7(10)4-2-5(11)8(13)6(12)3-4/h2-3,7H,1H3. The van der Waals surface area contributed by atoms with Crippen molar-refractivity contribution in [1.29, 1.82) is 0 Å². The zero-order valence-corrected chi connectivity index (χ0v) is 7.76. The molecule has 0 saturated heterocycles. The van der Waals surface area contributed by atoms with Gasteiger partial charge < -0.3 is 4.74 Å². The summed E-state index contributed by atoms with van der Waals surface area (Å²) in [5, 5.41) is 0. The zero-order valence-electron chi connectivity index (χ0n) is 7.76. The van der Waals surface area contributed by atoms with Gasteiger partial charge >= 0.3 is 5.97 Å². The van der Waals surface area contributed by atoms with Crippen LogP contribution in [0.2, 0.25) is 0 Å². The van der Waals surface area contributed by atoms with Crippen LogP contribution >= 0.6 is 0 Å². The summed E-state index contributed by atoms with van der Waals surface area (Å²) in [7, 11) is 6.39. The van der Waals surface area contributed by atoms with Crippen LogP contribution in [0.1, 0.15) is 11.4 Å². The number of methoxy groups -OCH3 is 1. The monoisotopic (exact) mass is 214 g/mol. The summed E-state index contributed by atoms with van der Waals surface area (Å²) < 4.78 is 42.3. The maximum Gasteiger partial charge on any atom is 0.304 e. The molecule has 1 atom stereocenters. The number of benzene rings is 1. The Kier molecular flexibility index (Phi) is 3.39. The number of ether oxygens (including phenoxy) is 1. The molecule has 0 amide bonds. The van der Waals surface area contributed by atoms with Gasteiger partial charge in [-0.25, -0.2) is 13.2 Å². The van der Waals surface area contributed by atoms with E-state index in [0.717, 1.165) is 7.11 Å². The number of hydrogen-bond donors (Lipinski definition) is 0. The van der Waals surface area contributed by atoms with Crippen molar-refractivity contribution >= 4 is 13.8 Å². The molecular weight excluding hydrogens is 208 g/mol. The van der Waals surface area contributed by atoms with E-state index in [9.17, 15) is 18.0 Å². The highest BCUT2D eigenvalue weighted by Gasteiger charge is 2.19. The first kappa shape index (κ1) is 11.6. The molecule has 0 aliphatic heterocycles. The third kappa shape index (κ3) is 2.32. The van der Waals surface area contributed by atoms with Crippen molar-refractivity contribution in [3.8, 4) is 0 Å². The molecule has 0 fully saturated rings. The maximum atomic E-state index is 12.7. The molecule has 1 rings (SSSR count). The molecule has 0 aliphatic rings. The van der Waals surface area contributed by atoms with Crippen LogP contribution in [0.3, 0.4) is 0 Å². The number of carbonyl (C=O) groups excluding carboxylic acids is 1. The Bertz CT molecular complexity index is 372. The van der Waals surface area contributed by atoms with Crippen LogP contribution in [0.4, 0.5) is 13.2 Å². The summed E-state index contributed by atoms with van der Waals surface area (Å²) in [5.74, 6) is -6.59. The largest absolute Gasteiger partial charge is 0.469 e. The number of halogens is 3. The van der Waals surface area contributed by atoms with Gasteiger partial charge in [0.25, 0.3) is 0 Å². The minimum absolute atomic E-state index is 0.182. The molecule has 0 bridgehead atoms. The lowest BCUT2D eigenvalue weighted by molar-refractivity contribution is -0.140. The van der Waals surface area contributed by atoms with Crippen LogP contribution in [0, 0.1) is 17.5 Å². The quantitative estimate of drug-likeness (QED) is 0.423. The molecule has 0 N–H and O–H groups in total. The molecule has 1 aromatic carbocycles. The lowest BCUT2D eigenvalue weighted by atomic mass is 9.81. The minimum atomic E-state index is -1.60. The van der Waals surface area contributed by atoms with Gasteiger partial charge in [0.05, 0.1) is 15.0 Å². The second kappa shape index (κ2) is 4.38. The van der Waals surface area contributed by atoms with Crippen molar-refractivity contribution in [2.45, 2.75) is 5.82 Å². The molecule has 2 nitrogen and oxygen atoms in total. The molecule has 0 heterocycles. The number of rotatable bonds is 2. The van der Waals surface area contributed by atoms with Gasteiger partial charge in [-0.2, -0.15) is 0 Å². The fourth-order valence-electron chi connectivity index (χ4n) is 1.02. The van der Waals surface area contributed by atoms with Gasteiger partial charge in [0, 0.05) is 5.82 Å². The molecule has 0 aliphatic carbocycles. The molecule has 0 spiro atoms. The van der Waals surface area contributed by atoms with E-state index in [4.69, 9.17) is 7.85 Å². The third-order valence-electron chi connectivity index (χ3n) is 1.82. The summed E-state index contributed by atoms with van der Waals surface area (Å²) in [6, 6.07) is 1.31. The summed E-state index contributed by atoms with van der Waals surface area (Å²) in [6.45, 7) is 0. The van der Waals surface area contributed by atoms with Crippen molar-refractivity contribution in [3.63, 3.8) is 0 Å². The second-order valence-corrected chi connectivity index (χ2v) is 2.80. The smallest absolute Gasteiger partial charge is 0.304 e. The van der Waals surface area contributed by atoms with E-state index in [1.807, 2.05) is 0 Å².